The average molecular weight is 291 g/mol. The number of aromatic nitrogens is 2. The standard InChI is InChI=1S/C16H25N3S/c1-5-19-15-9-7-6-8-13(15)14(18-19)10-12(17)11-20-16(2,3)4/h6-9,12H,5,10-11,17H2,1-4H3. The van der Waals surface area contributed by atoms with Crippen LogP contribution in [0.1, 0.15) is 33.4 Å². The second-order valence-electron chi connectivity index (χ2n) is 6.17. The Hall–Kier alpha value is -1.00. The smallest absolute Gasteiger partial charge is 0.0719 e. The van der Waals surface area contributed by atoms with E-state index < -0.39 is 0 Å². The summed E-state index contributed by atoms with van der Waals surface area (Å²) < 4.78 is 2.33. The minimum absolute atomic E-state index is 0.155. The summed E-state index contributed by atoms with van der Waals surface area (Å²) in [7, 11) is 0. The van der Waals surface area contributed by atoms with E-state index in [-0.39, 0.29) is 10.8 Å². The molecular formula is C16H25N3S. The summed E-state index contributed by atoms with van der Waals surface area (Å²) in [6.45, 7) is 9.70. The number of nitrogens with zero attached hydrogens (tertiary/aromatic N) is 2. The van der Waals surface area contributed by atoms with Crippen LogP contribution in [0, 0.1) is 0 Å². The Morgan fingerprint density at radius 2 is 2.00 bits per heavy atom. The molecular weight excluding hydrogens is 266 g/mol. The lowest BCUT2D eigenvalue weighted by atomic mass is 10.1. The van der Waals surface area contributed by atoms with Crippen molar-refractivity contribution in [2.75, 3.05) is 5.75 Å². The highest BCUT2D eigenvalue weighted by Crippen LogP contribution is 2.25. The molecule has 0 radical (unpaired) electrons. The molecule has 0 spiro atoms. The molecule has 0 aliphatic heterocycles. The number of hydrogen-bond donors (Lipinski definition) is 1. The number of para-hydroxylation sites is 1. The summed E-state index contributed by atoms with van der Waals surface area (Å²) in [5.74, 6) is 0.969. The van der Waals surface area contributed by atoms with E-state index in [1.165, 1.54) is 10.9 Å². The predicted molar refractivity (Wildman–Crippen MR) is 89.3 cm³/mol. The van der Waals surface area contributed by atoms with E-state index in [0.717, 1.165) is 24.4 Å². The minimum atomic E-state index is 0.155. The number of hydrogen-bond acceptors (Lipinski definition) is 3. The fourth-order valence-corrected chi connectivity index (χ4v) is 3.08. The van der Waals surface area contributed by atoms with Gasteiger partial charge in [-0.1, -0.05) is 39.0 Å². The molecule has 20 heavy (non-hydrogen) atoms. The number of rotatable bonds is 5. The largest absolute Gasteiger partial charge is 0.327 e. The highest BCUT2D eigenvalue weighted by atomic mass is 32.2. The third-order valence-electron chi connectivity index (χ3n) is 3.22. The first-order valence-electron chi connectivity index (χ1n) is 7.24. The zero-order chi connectivity index (χ0) is 14.8. The van der Waals surface area contributed by atoms with Gasteiger partial charge in [-0.3, -0.25) is 4.68 Å². The summed E-state index contributed by atoms with van der Waals surface area (Å²) in [6.07, 6.45) is 0.844. The summed E-state index contributed by atoms with van der Waals surface area (Å²) >= 11 is 1.92. The normalized spacial score (nSPS) is 13.8. The maximum Gasteiger partial charge on any atom is 0.0719 e. The second kappa shape index (κ2) is 6.19. The third kappa shape index (κ3) is 3.76. The molecule has 1 aromatic heterocycles. The molecule has 0 amide bonds. The fraction of sp³-hybridized carbons (Fsp3) is 0.562. The average Bonchev–Trinajstić information content (AvgIpc) is 2.74. The Morgan fingerprint density at radius 3 is 2.65 bits per heavy atom. The van der Waals surface area contributed by atoms with Crippen molar-refractivity contribution < 1.29 is 0 Å². The van der Waals surface area contributed by atoms with Gasteiger partial charge in [0.25, 0.3) is 0 Å². The number of benzene rings is 1. The monoisotopic (exact) mass is 291 g/mol. The zero-order valence-electron chi connectivity index (χ0n) is 12.9. The van der Waals surface area contributed by atoms with Crippen molar-refractivity contribution >= 4 is 22.7 Å². The van der Waals surface area contributed by atoms with Crippen LogP contribution in [-0.4, -0.2) is 26.3 Å². The van der Waals surface area contributed by atoms with E-state index in [1.54, 1.807) is 0 Å². The Bertz CT molecular complexity index is 569. The lowest BCUT2D eigenvalue weighted by Gasteiger charge is -2.20. The molecule has 2 rings (SSSR count). The molecule has 2 aromatic rings. The Kier molecular flexibility index (Phi) is 4.76. The maximum absolute atomic E-state index is 6.28. The first kappa shape index (κ1) is 15.4. The lowest BCUT2D eigenvalue weighted by molar-refractivity contribution is 0.647. The predicted octanol–water partition coefficient (Wildman–Crippen LogP) is 3.46. The van der Waals surface area contributed by atoms with Gasteiger partial charge in [-0.2, -0.15) is 16.9 Å². The van der Waals surface area contributed by atoms with E-state index >= 15 is 0 Å². The van der Waals surface area contributed by atoms with Crippen molar-refractivity contribution in [3.8, 4) is 0 Å². The molecule has 0 aliphatic rings. The first-order chi connectivity index (χ1) is 9.40. The fourth-order valence-electron chi connectivity index (χ4n) is 2.25. The van der Waals surface area contributed by atoms with Crippen LogP contribution in [0.4, 0.5) is 0 Å². The molecule has 4 heteroatoms. The van der Waals surface area contributed by atoms with Crippen LogP contribution in [0.5, 0.6) is 0 Å². The van der Waals surface area contributed by atoms with Gasteiger partial charge in [0.2, 0.25) is 0 Å². The molecule has 3 nitrogen and oxygen atoms in total. The molecule has 0 fully saturated rings. The van der Waals surface area contributed by atoms with Crippen molar-refractivity contribution in [1.29, 1.82) is 0 Å². The van der Waals surface area contributed by atoms with E-state index in [2.05, 4.69) is 56.6 Å². The van der Waals surface area contributed by atoms with Crippen molar-refractivity contribution in [3.63, 3.8) is 0 Å². The highest BCUT2D eigenvalue weighted by Gasteiger charge is 2.16. The molecule has 1 heterocycles. The van der Waals surface area contributed by atoms with Gasteiger partial charge in [-0.05, 0) is 13.0 Å². The lowest BCUT2D eigenvalue weighted by Crippen LogP contribution is -2.28. The van der Waals surface area contributed by atoms with Crippen molar-refractivity contribution in [1.82, 2.24) is 9.78 Å². The zero-order valence-corrected chi connectivity index (χ0v) is 13.7. The van der Waals surface area contributed by atoms with E-state index in [0.29, 0.717) is 0 Å². The van der Waals surface area contributed by atoms with Crippen molar-refractivity contribution in [2.45, 2.75) is 51.4 Å². The molecule has 0 saturated carbocycles. The van der Waals surface area contributed by atoms with Gasteiger partial charge in [0.1, 0.15) is 0 Å². The van der Waals surface area contributed by atoms with Gasteiger partial charge in [0, 0.05) is 34.9 Å². The van der Waals surface area contributed by atoms with Crippen LogP contribution in [-0.2, 0) is 13.0 Å². The maximum atomic E-state index is 6.28. The van der Waals surface area contributed by atoms with E-state index in [9.17, 15) is 0 Å². The van der Waals surface area contributed by atoms with Crippen LogP contribution in [0.2, 0.25) is 0 Å². The van der Waals surface area contributed by atoms with Crippen molar-refractivity contribution in [3.05, 3.63) is 30.0 Å². The van der Waals surface area contributed by atoms with Gasteiger partial charge in [-0.25, -0.2) is 0 Å². The molecule has 1 aromatic carbocycles. The van der Waals surface area contributed by atoms with Gasteiger partial charge in [0.15, 0.2) is 0 Å². The number of nitrogens with two attached hydrogens (primary N) is 1. The Balaban J connectivity index is 2.13. The van der Waals surface area contributed by atoms with Crippen LogP contribution < -0.4 is 5.73 Å². The van der Waals surface area contributed by atoms with Gasteiger partial charge >= 0.3 is 0 Å². The summed E-state index contributed by atoms with van der Waals surface area (Å²) in [5, 5.41) is 5.96. The molecule has 1 atom stereocenters. The van der Waals surface area contributed by atoms with Gasteiger partial charge in [0.05, 0.1) is 11.2 Å². The van der Waals surface area contributed by atoms with Crippen LogP contribution in [0.3, 0.4) is 0 Å². The third-order valence-corrected chi connectivity index (χ3v) is 4.68. The van der Waals surface area contributed by atoms with Crippen molar-refractivity contribution in [2.24, 2.45) is 5.73 Å². The molecule has 110 valence electrons. The Morgan fingerprint density at radius 1 is 1.30 bits per heavy atom. The Labute approximate surface area is 125 Å². The SMILES string of the molecule is CCn1nc(CC(N)CSC(C)(C)C)c2ccccc21. The summed E-state index contributed by atoms with van der Waals surface area (Å²) in [6, 6.07) is 8.57. The second-order valence-corrected chi connectivity index (χ2v) is 8.01. The van der Waals surface area contributed by atoms with Gasteiger partial charge in [-0.15, -0.1) is 0 Å². The number of aryl methyl sites for hydroxylation is 1. The summed E-state index contributed by atoms with van der Waals surface area (Å²) in [5.41, 5.74) is 8.62. The summed E-state index contributed by atoms with van der Waals surface area (Å²) in [4.78, 5) is 0. The highest BCUT2D eigenvalue weighted by molar-refractivity contribution is 8.00. The van der Waals surface area contributed by atoms with Crippen LogP contribution in [0.15, 0.2) is 24.3 Å². The van der Waals surface area contributed by atoms with Crippen LogP contribution >= 0.6 is 11.8 Å². The van der Waals surface area contributed by atoms with Crippen LogP contribution in [0.25, 0.3) is 10.9 Å². The first-order valence-corrected chi connectivity index (χ1v) is 8.23. The quantitative estimate of drug-likeness (QED) is 0.917. The number of thioether (sulfide) groups is 1. The molecule has 0 saturated heterocycles. The van der Waals surface area contributed by atoms with E-state index in [4.69, 9.17) is 10.8 Å². The van der Waals surface area contributed by atoms with Gasteiger partial charge < -0.3 is 5.73 Å². The van der Waals surface area contributed by atoms with E-state index in [1.807, 2.05) is 11.8 Å². The minimum Gasteiger partial charge on any atom is -0.327 e. The molecule has 0 bridgehead atoms. The molecule has 2 N–H and O–H groups in total. The molecule has 0 aliphatic carbocycles. The molecule has 1 unspecified atom stereocenters. The number of fused-ring (bicyclic) bond motifs is 1. The topological polar surface area (TPSA) is 43.8 Å².